The van der Waals surface area contributed by atoms with E-state index >= 15 is 0 Å². The third kappa shape index (κ3) is 19.8. The molecule has 0 aliphatic carbocycles. The molecule has 0 bridgehead atoms. The van der Waals surface area contributed by atoms with Crippen LogP contribution in [0, 0.1) is 30.6 Å². The van der Waals surface area contributed by atoms with Crippen molar-refractivity contribution in [1.29, 1.82) is 0 Å². The number of rotatable bonds is 2. The van der Waals surface area contributed by atoms with Crippen LogP contribution in [0.1, 0.15) is 7.43 Å². The number of benzene rings is 2. The summed E-state index contributed by atoms with van der Waals surface area (Å²) >= 11 is 0. The summed E-state index contributed by atoms with van der Waals surface area (Å²) in [4.78, 5) is 16.5. The average molecular weight is 390 g/mol. The first-order valence-corrected chi connectivity index (χ1v) is 6.42. The van der Waals surface area contributed by atoms with Crippen molar-refractivity contribution in [1.82, 2.24) is 0 Å². The van der Waals surface area contributed by atoms with Gasteiger partial charge in [-0.3, -0.25) is 0 Å². The summed E-state index contributed by atoms with van der Waals surface area (Å²) < 4.78 is 0. The Balaban J connectivity index is -0.000000343. The van der Waals surface area contributed by atoms with E-state index in [9.17, 15) is 0 Å². The van der Waals surface area contributed by atoms with Gasteiger partial charge in [0.15, 0.2) is 0 Å². The molecule has 0 saturated heterocycles. The standard InChI is InChI=1S/C12H11P.CH4.Cu.2NO3/c1-3-7-11(8-4-1)13-12-9-5-2-6-10-12;;;2*2-1(3)4/h1-10,13H;1H4;;;/q;;+2;2*-1. The predicted octanol–water partition coefficient (Wildman–Crippen LogP) is 2.47. The quantitative estimate of drug-likeness (QED) is 0.335. The van der Waals surface area contributed by atoms with Crippen LogP contribution in [-0.2, 0) is 17.1 Å². The Hall–Kier alpha value is -2.21. The Morgan fingerprint density at radius 1 is 0.652 bits per heavy atom. The second kappa shape index (κ2) is 16.2. The number of nitrogens with zero attached hydrogens (tertiary/aromatic N) is 2. The van der Waals surface area contributed by atoms with Crippen LogP contribution in [0.3, 0.4) is 0 Å². The fraction of sp³-hybridized carbons (Fsp3) is 0.0769. The molecule has 0 unspecified atom stereocenters. The first kappa shape index (κ1) is 25.7. The molecular formula is C13H15CuN2O6P. The monoisotopic (exact) mass is 389 g/mol. The molecule has 2 aromatic rings. The normalized spacial score (nSPS) is 7.65. The van der Waals surface area contributed by atoms with E-state index in [1.165, 1.54) is 10.6 Å². The van der Waals surface area contributed by atoms with Crippen molar-refractivity contribution in [3.05, 3.63) is 91.3 Å². The van der Waals surface area contributed by atoms with Crippen LogP contribution in [-0.4, -0.2) is 10.2 Å². The van der Waals surface area contributed by atoms with Crippen LogP contribution in [0.4, 0.5) is 0 Å². The van der Waals surface area contributed by atoms with E-state index in [0.29, 0.717) is 0 Å². The van der Waals surface area contributed by atoms with E-state index in [0.717, 1.165) is 8.58 Å². The molecular weight excluding hydrogens is 375 g/mol. The summed E-state index contributed by atoms with van der Waals surface area (Å²) in [6, 6.07) is 21.2. The van der Waals surface area contributed by atoms with Gasteiger partial charge in [-0.2, -0.15) is 0 Å². The minimum absolute atomic E-state index is 0. The Morgan fingerprint density at radius 2 is 0.870 bits per heavy atom. The molecule has 0 atom stereocenters. The third-order valence-corrected chi connectivity index (χ3v) is 3.08. The van der Waals surface area contributed by atoms with Gasteiger partial charge in [0.2, 0.25) is 0 Å². The van der Waals surface area contributed by atoms with Gasteiger partial charge in [0.25, 0.3) is 0 Å². The largest absolute Gasteiger partial charge is 2.00 e. The molecule has 1 radical (unpaired) electrons. The predicted molar refractivity (Wildman–Crippen MR) is 87.9 cm³/mol. The van der Waals surface area contributed by atoms with E-state index in [-0.39, 0.29) is 24.5 Å². The van der Waals surface area contributed by atoms with Crippen LogP contribution >= 0.6 is 8.58 Å². The van der Waals surface area contributed by atoms with Gasteiger partial charge in [-0.05, 0) is 10.6 Å². The van der Waals surface area contributed by atoms with Gasteiger partial charge in [0.1, 0.15) is 0 Å². The minimum Gasteiger partial charge on any atom is -0.356 e. The van der Waals surface area contributed by atoms with Crippen molar-refractivity contribution < 1.29 is 27.2 Å². The van der Waals surface area contributed by atoms with Crippen molar-refractivity contribution in [2.45, 2.75) is 7.43 Å². The molecule has 129 valence electrons. The van der Waals surface area contributed by atoms with Crippen molar-refractivity contribution >= 4 is 19.2 Å². The van der Waals surface area contributed by atoms with Crippen LogP contribution < -0.4 is 10.6 Å². The molecule has 0 aliphatic heterocycles. The van der Waals surface area contributed by atoms with Gasteiger partial charge in [-0.25, -0.2) is 0 Å². The molecule has 10 heteroatoms. The molecule has 0 heterocycles. The third-order valence-electron chi connectivity index (χ3n) is 1.84. The van der Waals surface area contributed by atoms with Gasteiger partial charge in [0, 0.05) is 0 Å². The van der Waals surface area contributed by atoms with E-state index in [1.54, 1.807) is 0 Å². The molecule has 0 aliphatic rings. The molecule has 0 N–H and O–H groups in total. The second-order valence-electron chi connectivity index (χ2n) is 3.30. The zero-order chi connectivity index (χ0) is 16.1. The van der Waals surface area contributed by atoms with Crippen molar-refractivity contribution in [2.24, 2.45) is 0 Å². The summed E-state index contributed by atoms with van der Waals surface area (Å²) in [5, 5.41) is 32.3. The summed E-state index contributed by atoms with van der Waals surface area (Å²) in [7, 11) is 0.777. The van der Waals surface area contributed by atoms with Crippen molar-refractivity contribution in [3.8, 4) is 0 Å². The van der Waals surface area contributed by atoms with E-state index in [2.05, 4.69) is 60.7 Å². The van der Waals surface area contributed by atoms with Gasteiger partial charge >= 0.3 is 17.1 Å². The van der Waals surface area contributed by atoms with Crippen molar-refractivity contribution in [2.75, 3.05) is 0 Å². The van der Waals surface area contributed by atoms with Crippen LogP contribution in [0.5, 0.6) is 0 Å². The fourth-order valence-electron chi connectivity index (χ4n) is 1.21. The van der Waals surface area contributed by atoms with Crippen LogP contribution in [0.25, 0.3) is 0 Å². The van der Waals surface area contributed by atoms with Gasteiger partial charge < -0.3 is 30.6 Å². The maximum absolute atomic E-state index is 8.25. The molecule has 2 rings (SSSR count). The topological polar surface area (TPSA) is 132 Å². The average Bonchev–Trinajstić information content (AvgIpc) is 2.40. The molecule has 0 fully saturated rings. The summed E-state index contributed by atoms with van der Waals surface area (Å²) in [5.41, 5.74) is 0. The van der Waals surface area contributed by atoms with Gasteiger partial charge in [-0.15, -0.1) is 0 Å². The Labute approximate surface area is 145 Å². The molecule has 0 amide bonds. The molecule has 23 heavy (non-hydrogen) atoms. The first-order valence-electron chi connectivity index (χ1n) is 5.42. The summed E-state index contributed by atoms with van der Waals surface area (Å²) in [6.45, 7) is 0. The Kier molecular flexibility index (Phi) is 18.1. The maximum Gasteiger partial charge on any atom is 2.00 e. The maximum atomic E-state index is 8.25. The SMILES string of the molecule is C.O=[N+]([O-])[O-].O=[N+]([O-])[O-].[Cu+2].c1ccc(Pc2ccccc2)cc1. The number of hydrogen-bond donors (Lipinski definition) is 0. The Bertz CT molecular complexity index is 487. The van der Waals surface area contributed by atoms with Gasteiger partial charge in [0.05, 0.1) is 10.2 Å². The zero-order valence-electron chi connectivity index (χ0n) is 10.9. The molecule has 2 aromatic carbocycles. The smallest absolute Gasteiger partial charge is 0.356 e. The number of hydrogen-bond acceptors (Lipinski definition) is 6. The minimum atomic E-state index is -1.75. The van der Waals surface area contributed by atoms with E-state index in [1.807, 2.05) is 0 Å². The molecule has 0 aromatic heterocycles. The second-order valence-corrected chi connectivity index (χ2v) is 4.71. The van der Waals surface area contributed by atoms with Crippen molar-refractivity contribution in [3.63, 3.8) is 0 Å². The summed E-state index contributed by atoms with van der Waals surface area (Å²) in [5.74, 6) is 0. The molecule has 8 nitrogen and oxygen atoms in total. The van der Waals surface area contributed by atoms with Crippen LogP contribution in [0.15, 0.2) is 60.7 Å². The fourth-order valence-corrected chi connectivity index (χ4v) is 2.26. The summed E-state index contributed by atoms with van der Waals surface area (Å²) in [6.07, 6.45) is 0. The van der Waals surface area contributed by atoms with Crippen LogP contribution in [0.2, 0.25) is 0 Å². The van der Waals surface area contributed by atoms with E-state index in [4.69, 9.17) is 30.6 Å². The molecule has 0 spiro atoms. The molecule has 0 saturated carbocycles. The zero-order valence-corrected chi connectivity index (χ0v) is 12.9. The first-order chi connectivity index (χ1) is 9.91. The van der Waals surface area contributed by atoms with Gasteiger partial charge in [-0.1, -0.05) is 76.7 Å². The Morgan fingerprint density at radius 3 is 1.09 bits per heavy atom. The van der Waals surface area contributed by atoms with E-state index < -0.39 is 10.2 Å².